The van der Waals surface area contributed by atoms with Gasteiger partial charge in [-0.25, -0.2) is 9.59 Å². The zero-order chi connectivity index (χ0) is 22.4. The first-order chi connectivity index (χ1) is 14.9. The normalized spacial score (nSPS) is 13.3. The van der Waals surface area contributed by atoms with Crippen molar-refractivity contribution < 1.29 is 24.2 Å². The fourth-order valence-electron chi connectivity index (χ4n) is 3.74. The summed E-state index contributed by atoms with van der Waals surface area (Å²) in [5.74, 6) is -1.59. The van der Waals surface area contributed by atoms with E-state index in [1.54, 1.807) is 19.0 Å². The van der Waals surface area contributed by atoms with Crippen molar-refractivity contribution in [3.63, 3.8) is 0 Å². The van der Waals surface area contributed by atoms with Crippen LogP contribution in [0.15, 0.2) is 48.5 Å². The number of aliphatic carboxylic acids is 1. The van der Waals surface area contributed by atoms with Crippen LogP contribution in [0.1, 0.15) is 23.5 Å². The van der Waals surface area contributed by atoms with Crippen LogP contribution in [0.3, 0.4) is 0 Å². The van der Waals surface area contributed by atoms with Crippen molar-refractivity contribution in [2.75, 3.05) is 33.8 Å². The minimum absolute atomic E-state index is 0.0381. The van der Waals surface area contributed by atoms with Gasteiger partial charge in [-0.3, -0.25) is 4.79 Å². The number of fused-ring (bicyclic) bond motifs is 3. The Balaban J connectivity index is 1.47. The molecule has 8 heteroatoms. The first-order valence-electron chi connectivity index (χ1n) is 10.1. The SMILES string of the molecule is CN(C)C[C@H](NC(=O)CCNC(=O)OCC1c2ccccc2-c2ccccc21)C(=O)O. The molecular formula is C23H27N3O5. The van der Waals surface area contributed by atoms with E-state index < -0.39 is 24.0 Å². The number of ether oxygens (including phenoxy) is 1. The van der Waals surface area contributed by atoms with Crippen LogP contribution in [0, 0.1) is 0 Å². The highest BCUT2D eigenvalue weighted by Gasteiger charge is 2.29. The smallest absolute Gasteiger partial charge is 0.407 e. The molecule has 0 saturated carbocycles. The Morgan fingerprint density at radius 2 is 1.61 bits per heavy atom. The maximum absolute atomic E-state index is 12.1. The Bertz CT molecular complexity index is 914. The Labute approximate surface area is 181 Å². The van der Waals surface area contributed by atoms with Crippen LogP contribution in [0.2, 0.25) is 0 Å². The molecule has 0 heterocycles. The molecule has 3 rings (SSSR count). The molecule has 0 unspecified atom stereocenters. The lowest BCUT2D eigenvalue weighted by atomic mass is 9.98. The summed E-state index contributed by atoms with van der Waals surface area (Å²) >= 11 is 0. The molecule has 3 N–H and O–H groups in total. The van der Waals surface area contributed by atoms with Gasteiger partial charge in [0.05, 0.1) is 0 Å². The Kier molecular flexibility index (Phi) is 7.25. The first-order valence-corrected chi connectivity index (χ1v) is 10.1. The summed E-state index contributed by atoms with van der Waals surface area (Å²) in [5, 5.41) is 14.2. The van der Waals surface area contributed by atoms with E-state index in [9.17, 15) is 14.4 Å². The minimum atomic E-state index is -1.11. The summed E-state index contributed by atoms with van der Waals surface area (Å²) in [6.45, 7) is 0.424. The van der Waals surface area contributed by atoms with Gasteiger partial charge >= 0.3 is 12.1 Å². The first kappa shape index (κ1) is 22.3. The van der Waals surface area contributed by atoms with Gasteiger partial charge in [0.2, 0.25) is 5.91 Å². The third kappa shape index (κ3) is 5.61. The Hall–Kier alpha value is -3.39. The summed E-state index contributed by atoms with van der Waals surface area (Å²) < 4.78 is 5.41. The van der Waals surface area contributed by atoms with Crippen molar-refractivity contribution in [1.82, 2.24) is 15.5 Å². The summed E-state index contributed by atoms with van der Waals surface area (Å²) in [4.78, 5) is 37.0. The highest BCUT2D eigenvalue weighted by Crippen LogP contribution is 2.44. The van der Waals surface area contributed by atoms with Crippen molar-refractivity contribution in [3.05, 3.63) is 59.7 Å². The lowest BCUT2D eigenvalue weighted by Crippen LogP contribution is -2.47. The Morgan fingerprint density at radius 3 is 2.16 bits per heavy atom. The summed E-state index contributed by atoms with van der Waals surface area (Å²) in [7, 11) is 3.45. The second kappa shape index (κ2) is 10.1. The average Bonchev–Trinajstić information content (AvgIpc) is 3.05. The molecule has 1 atom stereocenters. The fraction of sp³-hybridized carbons (Fsp3) is 0.348. The van der Waals surface area contributed by atoms with E-state index in [0.29, 0.717) is 0 Å². The van der Waals surface area contributed by atoms with Crippen LogP contribution in [0.4, 0.5) is 4.79 Å². The van der Waals surface area contributed by atoms with E-state index >= 15 is 0 Å². The number of carbonyl (C=O) groups is 3. The van der Waals surface area contributed by atoms with Gasteiger partial charge in [0, 0.05) is 25.4 Å². The molecule has 2 aromatic carbocycles. The number of hydrogen-bond acceptors (Lipinski definition) is 5. The zero-order valence-electron chi connectivity index (χ0n) is 17.6. The number of carboxylic acid groups (broad SMARTS) is 1. The number of hydrogen-bond donors (Lipinski definition) is 3. The van der Waals surface area contributed by atoms with Crippen molar-refractivity contribution in [3.8, 4) is 11.1 Å². The molecule has 164 valence electrons. The molecule has 8 nitrogen and oxygen atoms in total. The number of nitrogens with zero attached hydrogens (tertiary/aromatic N) is 1. The third-order valence-electron chi connectivity index (χ3n) is 5.15. The quantitative estimate of drug-likeness (QED) is 0.568. The molecule has 0 spiro atoms. The molecule has 0 bridgehead atoms. The van der Waals surface area contributed by atoms with E-state index in [1.165, 1.54) is 0 Å². The van der Waals surface area contributed by atoms with Crippen molar-refractivity contribution >= 4 is 18.0 Å². The highest BCUT2D eigenvalue weighted by atomic mass is 16.5. The van der Waals surface area contributed by atoms with Crippen molar-refractivity contribution in [1.29, 1.82) is 0 Å². The monoisotopic (exact) mass is 425 g/mol. The number of nitrogens with one attached hydrogen (secondary N) is 2. The van der Waals surface area contributed by atoms with Gasteiger partial charge in [-0.2, -0.15) is 0 Å². The van der Waals surface area contributed by atoms with Gasteiger partial charge in [-0.15, -0.1) is 0 Å². The van der Waals surface area contributed by atoms with Crippen LogP contribution >= 0.6 is 0 Å². The lowest BCUT2D eigenvalue weighted by Gasteiger charge is -2.18. The number of likely N-dealkylation sites (N-methyl/N-ethyl adjacent to an activating group) is 1. The summed E-state index contributed by atoms with van der Waals surface area (Å²) in [6, 6.07) is 15.1. The zero-order valence-corrected chi connectivity index (χ0v) is 17.6. The number of amides is 2. The van der Waals surface area contributed by atoms with E-state index in [0.717, 1.165) is 22.3 Å². The largest absolute Gasteiger partial charge is 0.480 e. The predicted octanol–water partition coefficient (Wildman–Crippen LogP) is 2.05. The molecule has 0 aliphatic heterocycles. The second-order valence-electron chi connectivity index (χ2n) is 7.72. The number of benzene rings is 2. The fourth-order valence-corrected chi connectivity index (χ4v) is 3.74. The van der Waals surface area contributed by atoms with Gasteiger partial charge in [0.25, 0.3) is 0 Å². The molecule has 0 aromatic heterocycles. The van der Waals surface area contributed by atoms with Crippen LogP contribution in [-0.4, -0.2) is 67.8 Å². The topological polar surface area (TPSA) is 108 Å². The third-order valence-corrected chi connectivity index (χ3v) is 5.15. The standard InChI is InChI=1S/C23H27N3O5/c1-26(2)13-20(22(28)29)25-21(27)11-12-24-23(30)31-14-19-17-9-5-3-7-15(17)16-8-4-6-10-18(16)19/h3-10,19-20H,11-14H2,1-2H3,(H,24,30)(H,25,27)(H,28,29)/t20-/m0/s1. The summed E-state index contributed by atoms with van der Waals surface area (Å²) in [6.07, 6.45) is -0.653. The molecule has 1 aliphatic rings. The number of carbonyl (C=O) groups excluding carboxylic acids is 2. The number of alkyl carbamates (subject to hydrolysis) is 1. The molecule has 2 aromatic rings. The van der Waals surface area contributed by atoms with Gasteiger partial charge < -0.3 is 25.4 Å². The van der Waals surface area contributed by atoms with Crippen LogP contribution < -0.4 is 10.6 Å². The molecule has 2 amide bonds. The second-order valence-corrected chi connectivity index (χ2v) is 7.72. The van der Waals surface area contributed by atoms with E-state index in [4.69, 9.17) is 9.84 Å². The Morgan fingerprint density at radius 1 is 1.03 bits per heavy atom. The molecular weight excluding hydrogens is 398 g/mol. The van der Waals surface area contributed by atoms with E-state index in [2.05, 4.69) is 22.8 Å². The van der Waals surface area contributed by atoms with Crippen LogP contribution in [0.25, 0.3) is 11.1 Å². The molecule has 31 heavy (non-hydrogen) atoms. The molecule has 0 fully saturated rings. The van der Waals surface area contributed by atoms with Crippen LogP contribution in [-0.2, 0) is 14.3 Å². The van der Waals surface area contributed by atoms with Gasteiger partial charge in [0.15, 0.2) is 0 Å². The van der Waals surface area contributed by atoms with E-state index in [-0.39, 0.29) is 32.0 Å². The number of rotatable bonds is 9. The van der Waals surface area contributed by atoms with Crippen molar-refractivity contribution in [2.45, 2.75) is 18.4 Å². The predicted molar refractivity (Wildman–Crippen MR) is 116 cm³/mol. The number of carboxylic acids is 1. The van der Waals surface area contributed by atoms with Gasteiger partial charge in [-0.1, -0.05) is 48.5 Å². The van der Waals surface area contributed by atoms with Gasteiger partial charge in [0.1, 0.15) is 12.6 Å². The van der Waals surface area contributed by atoms with E-state index in [1.807, 2.05) is 36.4 Å². The lowest BCUT2D eigenvalue weighted by molar-refractivity contribution is -0.142. The van der Waals surface area contributed by atoms with Crippen molar-refractivity contribution in [2.24, 2.45) is 0 Å². The highest BCUT2D eigenvalue weighted by molar-refractivity contribution is 5.84. The maximum Gasteiger partial charge on any atom is 0.407 e. The molecule has 0 radical (unpaired) electrons. The maximum atomic E-state index is 12.1. The minimum Gasteiger partial charge on any atom is -0.480 e. The van der Waals surface area contributed by atoms with Gasteiger partial charge in [-0.05, 0) is 36.3 Å². The average molecular weight is 425 g/mol. The molecule has 0 saturated heterocycles. The van der Waals surface area contributed by atoms with Crippen LogP contribution in [0.5, 0.6) is 0 Å². The summed E-state index contributed by atoms with van der Waals surface area (Å²) in [5.41, 5.74) is 4.54. The molecule has 1 aliphatic carbocycles.